The molecular weight excluding hydrogens is 238 g/mol. The molecule has 0 bridgehead atoms. The van der Waals surface area contributed by atoms with Crippen LogP contribution in [0.25, 0.3) is 22.2 Å². The second-order valence-electron chi connectivity index (χ2n) is 4.39. The van der Waals surface area contributed by atoms with Crippen molar-refractivity contribution in [2.45, 2.75) is 6.92 Å². The minimum atomic E-state index is -0.307. The predicted octanol–water partition coefficient (Wildman–Crippen LogP) is 3.76. The molecule has 0 unspecified atom stereocenters. The SMILES string of the molecule is CC(=O)Oc1ccc2[nH]c(-c3ccccc3)cc2c1. The van der Waals surface area contributed by atoms with Crippen LogP contribution in [0.2, 0.25) is 0 Å². The smallest absolute Gasteiger partial charge is 0.308 e. The number of carbonyl (C=O) groups is 1. The van der Waals surface area contributed by atoms with Gasteiger partial charge in [-0.3, -0.25) is 4.79 Å². The zero-order valence-corrected chi connectivity index (χ0v) is 10.5. The van der Waals surface area contributed by atoms with E-state index in [1.54, 1.807) is 6.07 Å². The third kappa shape index (κ3) is 2.36. The summed E-state index contributed by atoms with van der Waals surface area (Å²) in [5.74, 6) is 0.261. The topological polar surface area (TPSA) is 42.1 Å². The highest BCUT2D eigenvalue weighted by molar-refractivity contribution is 5.87. The van der Waals surface area contributed by atoms with E-state index in [-0.39, 0.29) is 5.97 Å². The molecule has 1 N–H and O–H groups in total. The fourth-order valence-corrected chi connectivity index (χ4v) is 2.11. The Kier molecular flexibility index (Phi) is 2.80. The normalized spacial score (nSPS) is 10.6. The maximum Gasteiger partial charge on any atom is 0.308 e. The van der Waals surface area contributed by atoms with Crippen LogP contribution in [0.1, 0.15) is 6.92 Å². The molecule has 3 rings (SSSR count). The van der Waals surface area contributed by atoms with Crippen LogP contribution in [0.3, 0.4) is 0 Å². The zero-order valence-electron chi connectivity index (χ0n) is 10.5. The molecule has 2 aromatic carbocycles. The zero-order chi connectivity index (χ0) is 13.2. The van der Waals surface area contributed by atoms with Crippen LogP contribution in [0.15, 0.2) is 54.6 Å². The van der Waals surface area contributed by atoms with Crippen molar-refractivity contribution < 1.29 is 9.53 Å². The Morgan fingerprint density at radius 3 is 2.58 bits per heavy atom. The maximum atomic E-state index is 10.9. The van der Waals surface area contributed by atoms with Crippen molar-refractivity contribution in [1.29, 1.82) is 0 Å². The summed E-state index contributed by atoms with van der Waals surface area (Å²) in [5, 5.41) is 1.03. The number of hydrogen-bond acceptors (Lipinski definition) is 2. The Bertz CT molecular complexity index is 729. The van der Waals surface area contributed by atoms with Crippen molar-refractivity contribution in [2.24, 2.45) is 0 Å². The third-order valence-corrected chi connectivity index (χ3v) is 2.94. The molecule has 0 saturated carbocycles. The second-order valence-corrected chi connectivity index (χ2v) is 4.39. The van der Waals surface area contributed by atoms with E-state index in [0.717, 1.165) is 22.2 Å². The average Bonchev–Trinajstić information content (AvgIpc) is 2.82. The third-order valence-electron chi connectivity index (χ3n) is 2.94. The number of H-pyrrole nitrogens is 1. The maximum absolute atomic E-state index is 10.9. The first-order valence-corrected chi connectivity index (χ1v) is 6.09. The Morgan fingerprint density at radius 2 is 1.84 bits per heavy atom. The molecule has 19 heavy (non-hydrogen) atoms. The summed E-state index contributed by atoms with van der Waals surface area (Å²) in [5.41, 5.74) is 3.21. The molecule has 1 aromatic heterocycles. The summed E-state index contributed by atoms with van der Waals surface area (Å²) in [4.78, 5) is 14.3. The number of aromatic nitrogens is 1. The van der Waals surface area contributed by atoms with Gasteiger partial charge in [-0.25, -0.2) is 0 Å². The number of carbonyl (C=O) groups excluding carboxylic acids is 1. The van der Waals surface area contributed by atoms with Crippen LogP contribution in [0, 0.1) is 0 Å². The molecular formula is C16H13NO2. The van der Waals surface area contributed by atoms with E-state index in [1.165, 1.54) is 6.92 Å². The summed E-state index contributed by atoms with van der Waals surface area (Å²) in [7, 11) is 0. The number of fused-ring (bicyclic) bond motifs is 1. The highest BCUT2D eigenvalue weighted by atomic mass is 16.5. The van der Waals surface area contributed by atoms with Crippen LogP contribution < -0.4 is 4.74 Å². The van der Waals surface area contributed by atoms with Gasteiger partial charge in [0.1, 0.15) is 5.75 Å². The molecule has 94 valence electrons. The number of ether oxygens (including phenoxy) is 1. The Balaban J connectivity index is 2.04. The lowest BCUT2D eigenvalue weighted by Gasteiger charge is -1.99. The van der Waals surface area contributed by atoms with Crippen LogP contribution in [-0.4, -0.2) is 11.0 Å². The van der Waals surface area contributed by atoms with Crippen molar-refractivity contribution in [2.75, 3.05) is 0 Å². The molecule has 3 aromatic rings. The standard InChI is InChI=1S/C16H13NO2/c1-11(18)19-14-7-8-15-13(9-14)10-16(17-15)12-5-3-2-4-6-12/h2-10,17H,1H3. The van der Waals surface area contributed by atoms with E-state index < -0.39 is 0 Å². The number of nitrogens with one attached hydrogen (secondary N) is 1. The van der Waals surface area contributed by atoms with Gasteiger partial charge in [0, 0.05) is 23.5 Å². The molecule has 0 atom stereocenters. The van der Waals surface area contributed by atoms with Gasteiger partial charge in [0.05, 0.1) is 0 Å². The van der Waals surface area contributed by atoms with Crippen molar-refractivity contribution in [3.63, 3.8) is 0 Å². The highest BCUT2D eigenvalue weighted by Crippen LogP contribution is 2.26. The number of benzene rings is 2. The molecule has 3 nitrogen and oxygen atoms in total. The van der Waals surface area contributed by atoms with E-state index in [2.05, 4.69) is 23.2 Å². The van der Waals surface area contributed by atoms with Gasteiger partial charge >= 0.3 is 5.97 Å². The van der Waals surface area contributed by atoms with Gasteiger partial charge in [-0.15, -0.1) is 0 Å². The number of rotatable bonds is 2. The lowest BCUT2D eigenvalue weighted by molar-refractivity contribution is -0.131. The molecule has 0 aliphatic rings. The number of aromatic amines is 1. The molecule has 0 spiro atoms. The van der Waals surface area contributed by atoms with Gasteiger partial charge in [0.25, 0.3) is 0 Å². The first-order valence-electron chi connectivity index (χ1n) is 6.09. The Labute approximate surface area is 110 Å². The van der Waals surface area contributed by atoms with Gasteiger partial charge in [0.15, 0.2) is 0 Å². The summed E-state index contributed by atoms with van der Waals surface area (Å²) < 4.78 is 5.08. The molecule has 3 heteroatoms. The summed E-state index contributed by atoms with van der Waals surface area (Å²) >= 11 is 0. The lowest BCUT2D eigenvalue weighted by atomic mass is 10.1. The van der Waals surface area contributed by atoms with Crippen LogP contribution in [-0.2, 0) is 4.79 Å². The first kappa shape index (κ1) is 11.5. The van der Waals surface area contributed by atoms with Gasteiger partial charge in [-0.1, -0.05) is 30.3 Å². The summed E-state index contributed by atoms with van der Waals surface area (Å²) in [6, 6.07) is 17.7. The van der Waals surface area contributed by atoms with Crippen molar-refractivity contribution in [3.8, 4) is 17.0 Å². The second kappa shape index (κ2) is 4.61. The van der Waals surface area contributed by atoms with Crippen LogP contribution >= 0.6 is 0 Å². The highest BCUT2D eigenvalue weighted by Gasteiger charge is 2.05. The van der Waals surface area contributed by atoms with E-state index in [9.17, 15) is 4.79 Å². The van der Waals surface area contributed by atoms with E-state index >= 15 is 0 Å². The lowest BCUT2D eigenvalue weighted by Crippen LogP contribution is -2.00. The largest absolute Gasteiger partial charge is 0.427 e. The molecule has 0 fully saturated rings. The fraction of sp³-hybridized carbons (Fsp3) is 0.0625. The monoisotopic (exact) mass is 251 g/mol. The van der Waals surface area contributed by atoms with E-state index in [0.29, 0.717) is 5.75 Å². The van der Waals surface area contributed by atoms with Crippen LogP contribution in [0.4, 0.5) is 0 Å². The van der Waals surface area contributed by atoms with Crippen molar-refractivity contribution in [3.05, 3.63) is 54.6 Å². The Morgan fingerprint density at radius 1 is 1.05 bits per heavy atom. The van der Waals surface area contributed by atoms with Crippen molar-refractivity contribution >= 4 is 16.9 Å². The molecule has 0 amide bonds. The van der Waals surface area contributed by atoms with Crippen LogP contribution in [0.5, 0.6) is 5.75 Å². The number of hydrogen-bond donors (Lipinski definition) is 1. The molecule has 0 radical (unpaired) electrons. The molecule has 0 saturated heterocycles. The molecule has 0 aliphatic heterocycles. The van der Waals surface area contributed by atoms with Gasteiger partial charge in [0.2, 0.25) is 0 Å². The van der Waals surface area contributed by atoms with Crippen molar-refractivity contribution in [1.82, 2.24) is 4.98 Å². The van der Waals surface area contributed by atoms with E-state index in [4.69, 9.17) is 4.74 Å². The summed E-state index contributed by atoms with van der Waals surface area (Å²) in [6.07, 6.45) is 0. The minimum absolute atomic E-state index is 0.307. The van der Waals surface area contributed by atoms with Gasteiger partial charge in [-0.05, 0) is 29.8 Å². The predicted molar refractivity (Wildman–Crippen MR) is 75.0 cm³/mol. The first-order chi connectivity index (χ1) is 9.22. The summed E-state index contributed by atoms with van der Waals surface area (Å²) in [6.45, 7) is 1.40. The Hall–Kier alpha value is -2.55. The average molecular weight is 251 g/mol. The minimum Gasteiger partial charge on any atom is -0.427 e. The number of esters is 1. The molecule has 0 aliphatic carbocycles. The van der Waals surface area contributed by atoms with Gasteiger partial charge < -0.3 is 9.72 Å². The fourth-order valence-electron chi connectivity index (χ4n) is 2.11. The van der Waals surface area contributed by atoms with E-state index in [1.807, 2.05) is 30.3 Å². The molecule has 1 heterocycles. The quantitative estimate of drug-likeness (QED) is 0.556. The van der Waals surface area contributed by atoms with Gasteiger partial charge in [-0.2, -0.15) is 0 Å².